The molecule has 25 nitrogen and oxygen atoms in total. The number of ether oxygens (including phenoxy) is 14. The third kappa shape index (κ3) is 17.2. The highest BCUT2D eigenvalue weighted by Gasteiger charge is 2.59. The fourth-order valence-electron chi connectivity index (χ4n) is 10.7. The molecule has 10 rings (SSSR count). The van der Waals surface area contributed by atoms with E-state index in [1.165, 1.54) is 121 Å². The summed E-state index contributed by atoms with van der Waals surface area (Å²) in [6.07, 6.45) is -29.3. The Labute approximate surface area is 548 Å². The minimum atomic E-state index is -2.28. The van der Waals surface area contributed by atoms with Crippen LogP contribution in [0.4, 0.5) is 0 Å². The van der Waals surface area contributed by atoms with Crippen molar-refractivity contribution in [3.8, 4) is 0 Å². The third-order valence-electron chi connectivity index (χ3n) is 15.2. The average molecular weight is 1320 g/mol. The monoisotopic (exact) mass is 1320 g/mol. The Morgan fingerprint density at radius 3 is 0.948 bits per heavy atom. The fraction of sp³-hybridized carbons (Fsp3) is 0.282. The molecular formula is C71H64O25. The predicted octanol–water partition coefficient (Wildman–Crippen LogP) is 6.62. The van der Waals surface area contributed by atoms with Crippen molar-refractivity contribution in [3.63, 3.8) is 0 Å². The van der Waals surface area contributed by atoms with Crippen LogP contribution in [0.2, 0.25) is 0 Å². The van der Waals surface area contributed by atoms with Gasteiger partial charge in [0.2, 0.25) is 0 Å². The van der Waals surface area contributed by atoms with Crippen LogP contribution in [0.3, 0.4) is 0 Å². The first-order valence-corrected chi connectivity index (χ1v) is 30.2. The lowest BCUT2D eigenvalue weighted by molar-refractivity contribution is -0.361. The first-order chi connectivity index (χ1) is 46.5. The van der Waals surface area contributed by atoms with Crippen molar-refractivity contribution < 1.29 is 120 Å². The number of aliphatic hydroxyl groups excluding tert-OH is 2. The van der Waals surface area contributed by atoms with Crippen LogP contribution in [-0.4, -0.2) is 176 Å². The molecule has 3 saturated heterocycles. The number of hydrogen-bond donors (Lipinski definition) is 2. The molecule has 0 amide bonds. The molecule has 0 bridgehead atoms. The molecule has 0 aromatic heterocycles. The Balaban J connectivity index is 1.05. The molecule has 15 atom stereocenters. The maximum absolute atomic E-state index is 14.4. The van der Waals surface area contributed by atoms with E-state index >= 15 is 0 Å². The lowest BCUT2D eigenvalue weighted by atomic mass is 9.95. The summed E-state index contributed by atoms with van der Waals surface area (Å²) in [7, 11) is 0. The van der Waals surface area contributed by atoms with Gasteiger partial charge in [-0.3, -0.25) is 9.59 Å². The third-order valence-corrected chi connectivity index (χ3v) is 15.2. The molecule has 0 spiro atoms. The van der Waals surface area contributed by atoms with E-state index < -0.39 is 166 Å². The van der Waals surface area contributed by atoms with Crippen molar-refractivity contribution in [2.24, 2.45) is 0 Å². The summed E-state index contributed by atoms with van der Waals surface area (Å²) in [4.78, 5) is 126. The number of carbonyl (C=O) groups excluding carboxylic acids is 9. The number of benzene rings is 7. The summed E-state index contributed by atoms with van der Waals surface area (Å²) in [5.41, 5.74) is -0.0467. The molecule has 0 saturated carbocycles. The second kappa shape index (κ2) is 32.6. The predicted molar refractivity (Wildman–Crippen MR) is 328 cm³/mol. The van der Waals surface area contributed by atoms with Gasteiger partial charge >= 0.3 is 53.7 Å². The molecule has 3 heterocycles. The first-order valence-electron chi connectivity index (χ1n) is 30.2. The van der Waals surface area contributed by atoms with Crippen LogP contribution in [0.15, 0.2) is 212 Å². The SMILES string of the molecule is CC(=O)OC1C(O)OC(COC2OC(COC(=O)c3ccccc3)C(OC(=O)c3ccccc3)C(OC(=O)c3ccccc3)C2OC(=O)c2ccccc2)C(OC(C)=O)C1OC1OC(CO)C(OC(=O)c2ccccc2)C(OC(=O)c2ccccc2)C1OC(=O)c1ccccc1. The van der Waals surface area contributed by atoms with Crippen LogP contribution < -0.4 is 0 Å². The molecule has 15 unspecified atom stereocenters. The van der Waals surface area contributed by atoms with E-state index in [1.807, 2.05) is 0 Å². The van der Waals surface area contributed by atoms with E-state index in [4.69, 9.17) is 66.3 Å². The van der Waals surface area contributed by atoms with E-state index in [9.17, 15) is 53.4 Å². The maximum Gasteiger partial charge on any atom is 0.338 e. The standard InChI is InChI=1S/C71H64O25/c1-41(73)85-54-51(40-84-70-60(94-67(80)48-34-20-8-21-35-48)58(93-66(79)47-32-18-7-19-33-47)55(91-64(77)45-28-14-5-15-29-45)52(89-70)39-83-62(75)43-24-10-3-11-25-43)87-69(82)59(86-42(2)74)56(54)96-71-61(95-68(81)49-36-22-9-23-37-49)57(92-65(78)46-30-16-6-17-31-46)53(50(38-72)88-71)90-63(76)44-26-12-4-13-27-44/h3-37,50-61,69-72,82H,38-40H2,1-2H3. The molecule has 7 aromatic rings. The highest BCUT2D eigenvalue weighted by atomic mass is 16.8. The highest BCUT2D eigenvalue weighted by molar-refractivity contribution is 5.93. The van der Waals surface area contributed by atoms with Gasteiger partial charge in [-0.1, -0.05) is 127 Å². The lowest BCUT2D eigenvalue weighted by Crippen LogP contribution is -2.67. The van der Waals surface area contributed by atoms with Crippen LogP contribution in [0.25, 0.3) is 0 Å². The van der Waals surface area contributed by atoms with Gasteiger partial charge in [0.05, 0.1) is 52.2 Å². The molecule has 3 aliphatic heterocycles. The van der Waals surface area contributed by atoms with E-state index in [1.54, 1.807) is 91.0 Å². The molecule has 7 aromatic carbocycles. The Morgan fingerprint density at radius 1 is 0.312 bits per heavy atom. The van der Waals surface area contributed by atoms with Gasteiger partial charge in [-0.2, -0.15) is 0 Å². The zero-order chi connectivity index (χ0) is 67.7. The van der Waals surface area contributed by atoms with Gasteiger partial charge in [0.1, 0.15) is 31.0 Å². The Morgan fingerprint density at radius 2 is 0.594 bits per heavy atom. The first kappa shape index (κ1) is 68.4. The van der Waals surface area contributed by atoms with Crippen LogP contribution in [-0.2, 0) is 75.9 Å². The number of rotatable bonds is 23. The molecule has 0 aliphatic carbocycles. The van der Waals surface area contributed by atoms with Gasteiger partial charge in [-0.05, 0) is 84.9 Å². The molecule has 0 radical (unpaired) electrons. The van der Waals surface area contributed by atoms with Crippen molar-refractivity contribution in [1.82, 2.24) is 0 Å². The molecule has 25 heteroatoms. The number of esters is 9. The van der Waals surface area contributed by atoms with Crippen molar-refractivity contribution in [2.45, 2.75) is 106 Å². The van der Waals surface area contributed by atoms with Crippen molar-refractivity contribution in [3.05, 3.63) is 251 Å². The van der Waals surface area contributed by atoms with Crippen molar-refractivity contribution in [1.29, 1.82) is 0 Å². The smallest absolute Gasteiger partial charge is 0.338 e. The number of hydrogen-bond acceptors (Lipinski definition) is 25. The summed E-state index contributed by atoms with van der Waals surface area (Å²) in [6.45, 7) is -0.793. The molecular weight excluding hydrogens is 1250 g/mol. The summed E-state index contributed by atoms with van der Waals surface area (Å²) < 4.78 is 86.3. The van der Waals surface area contributed by atoms with E-state index in [0.717, 1.165) is 13.8 Å². The average Bonchev–Trinajstić information content (AvgIpc) is 0.774. The highest BCUT2D eigenvalue weighted by Crippen LogP contribution is 2.38. The molecule has 3 fully saturated rings. The van der Waals surface area contributed by atoms with Gasteiger partial charge in [0.15, 0.2) is 67.7 Å². The molecule has 96 heavy (non-hydrogen) atoms. The van der Waals surface area contributed by atoms with Crippen LogP contribution >= 0.6 is 0 Å². The number of carbonyl (C=O) groups is 9. The van der Waals surface area contributed by atoms with Crippen LogP contribution in [0, 0.1) is 0 Å². The van der Waals surface area contributed by atoms with Gasteiger partial charge in [-0.15, -0.1) is 0 Å². The Bertz CT molecular complexity index is 3770. The molecule has 498 valence electrons. The minimum Gasteiger partial charge on any atom is -0.459 e. The normalized spacial score (nSPS) is 25.2. The van der Waals surface area contributed by atoms with Crippen LogP contribution in [0.1, 0.15) is 86.4 Å². The van der Waals surface area contributed by atoms with E-state index in [2.05, 4.69) is 0 Å². The molecule has 3 aliphatic rings. The zero-order valence-corrected chi connectivity index (χ0v) is 51.3. The zero-order valence-electron chi connectivity index (χ0n) is 51.3. The fourth-order valence-corrected chi connectivity index (χ4v) is 10.7. The van der Waals surface area contributed by atoms with Crippen molar-refractivity contribution in [2.75, 3.05) is 19.8 Å². The van der Waals surface area contributed by atoms with E-state index in [-0.39, 0.29) is 38.9 Å². The van der Waals surface area contributed by atoms with Crippen molar-refractivity contribution >= 4 is 53.7 Å². The van der Waals surface area contributed by atoms with Gasteiger partial charge in [0, 0.05) is 13.8 Å². The summed E-state index contributed by atoms with van der Waals surface area (Å²) in [5.74, 6) is -9.23. The maximum atomic E-state index is 14.4. The Hall–Kier alpha value is -10.5. The Kier molecular flexibility index (Phi) is 23.2. The largest absolute Gasteiger partial charge is 0.459 e. The summed E-state index contributed by atoms with van der Waals surface area (Å²) >= 11 is 0. The topological polar surface area (TPSA) is 323 Å². The summed E-state index contributed by atoms with van der Waals surface area (Å²) in [6, 6.07) is 52.9. The summed E-state index contributed by atoms with van der Waals surface area (Å²) in [5, 5.41) is 23.2. The van der Waals surface area contributed by atoms with Crippen LogP contribution in [0.5, 0.6) is 0 Å². The second-order valence-electron chi connectivity index (χ2n) is 21.8. The van der Waals surface area contributed by atoms with Gasteiger partial charge in [0.25, 0.3) is 0 Å². The van der Waals surface area contributed by atoms with E-state index in [0.29, 0.717) is 0 Å². The minimum absolute atomic E-state index is 0.00720. The van der Waals surface area contributed by atoms with Gasteiger partial charge in [-0.25, -0.2) is 33.6 Å². The van der Waals surface area contributed by atoms with Gasteiger partial charge < -0.3 is 76.5 Å². The quantitative estimate of drug-likeness (QED) is 0.0502. The second-order valence-corrected chi connectivity index (χ2v) is 21.8. The molecule has 2 N–H and O–H groups in total. The lowest BCUT2D eigenvalue weighted by Gasteiger charge is -2.48. The number of aliphatic hydroxyl groups is 2.